The molecule has 0 saturated heterocycles. The highest BCUT2D eigenvalue weighted by molar-refractivity contribution is 5.91. The van der Waals surface area contributed by atoms with Crippen LogP contribution in [0.25, 0.3) is 0 Å². The number of nitrogens with zero attached hydrogens (tertiary/aromatic N) is 1. The third-order valence-electron chi connectivity index (χ3n) is 4.31. The Balaban J connectivity index is 1.74. The first-order valence-corrected chi connectivity index (χ1v) is 8.62. The Morgan fingerprint density at radius 2 is 1.38 bits per heavy atom. The summed E-state index contributed by atoms with van der Waals surface area (Å²) in [6.45, 7) is 0. The molecular weight excluding hydrogens is 320 g/mol. The smallest absolute Gasteiger partial charge is 0.225 e. The van der Waals surface area contributed by atoms with Gasteiger partial charge in [-0.2, -0.15) is 5.26 Å². The van der Waals surface area contributed by atoms with E-state index in [9.17, 15) is 4.79 Å². The molecule has 128 valence electrons. The van der Waals surface area contributed by atoms with E-state index in [1.807, 2.05) is 60.7 Å². The number of anilines is 1. The zero-order valence-electron chi connectivity index (χ0n) is 14.4. The van der Waals surface area contributed by atoms with Gasteiger partial charge in [0.25, 0.3) is 0 Å². The number of hydrogen-bond acceptors (Lipinski definition) is 2. The molecule has 0 radical (unpaired) electrons. The SMILES string of the molecule is N#CCc1ccc(NC(=O)CC(c2ccccc2)c2ccccc2)cc1. The first kappa shape index (κ1) is 17.4. The number of benzene rings is 3. The van der Waals surface area contributed by atoms with Gasteiger partial charge in [0.15, 0.2) is 0 Å². The van der Waals surface area contributed by atoms with Crippen LogP contribution in [0.5, 0.6) is 0 Å². The number of carbonyl (C=O) groups excluding carboxylic acids is 1. The zero-order chi connectivity index (χ0) is 18.2. The Kier molecular flexibility index (Phi) is 5.80. The highest BCUT2D eigenvalue weighted by atomic mass is 16.1. The second kappa shape index (κ2) is 8.64. The summed E-state index contributed by atoms with van der Waals surface area (Å²) in [5, 5.41) is 11.7. The van der Waals surface area contributed by atoms with E-state index < -0.39 is 0 Å². The molecule has 3 nitrogen and oxygen atoms in total. The number of carbonyl (C=O) groups is 1. The summed E-state index contributed by atoms with van der Waals surface area (Å²) in [5.74, 6) is -0.0222. The van der Waals surface area contributed by atoms with Crippen LogP contribution >= 0.6 is 0 Å². The summed E-state index contributed by atoms with van der Waals surface area (Å²) >= 11 is 0. The lowest BCUT2D eigenvalue weighted by molar-refractivity contribution is -0.116. The molecule has 3 aromatic rings. The van der Waals surface area contributed by atoms with Crippen molar-refractivity contribution in [1.82, 2.24) is 0 Å². The van der Waals surface area contributed by atoms with E-state index in [0.29, 0.717) is 12.8 Å². The Hall–Kier alpha value is -3.38. The Morgan fingerprint density at radius 1 is 0.846 bits per heavy atom. The number of amides is 1. The van der Waals surface area contributed by atoms with Gasteiger partial charge in [0.2, 0.25) is 5.91 Å². The van der Waals surface area contributed by atoms with Gasteiger partial charge in [-0.25, -0.2) is 0 Å². The van der Waals surface area contributed by atoms with Crippen molar-refractivity contribution in [3.63, 3.8) is 0 Å². The molecule has 0 bridgehead atoms. The van der Waals surface area contributed by atoms with Crippen LogP contribution in [-0.4, -0.2) is 5.91 Å². The number of nitrogens with one attached hydrogen (secondary N) is 1. The molecule has 0 saturated carbocycles. The first-order chi connectivity index (χ1) is 12.8. The molecule has 0 aliphatic heterocycles. The molecule has 3 aromatic carbocycles. The van der Waals surface area contributed by atoms with Crippen LogP contribution in [-0.2, 0) is 11.2 Å². The molecule has 0 aromatic heterocycles. The third kappa shape index (κ3) is 4.58. The number of rotatable bonds is 6. The number of hydrogen-bond donors (Lipinski definition) is 1. The molecule has 3 rings (SSSR count). The third-order valence-corrected chi connectivity index (χ3v) is 4.31. The van der Waals surface area contributed by atoms with Gasteiger partial charge >= 0.3 is 0 Å². The van der Waals surface area contributed by atoms with Gasteiger partial charge in [0.1, 0.15) is 0 Å². The molecule has 0 spiro atoms. The Morgan fingerprint density at radius 3 is 1.88 bits per heavy atom. The molecule has 26 heavy (non-hydrogen) atoms. The maximum atomic E-state index is 12.6. The average Bonchev–Trinajstić information content (AvgIpc) is 2.69. The summed E-state index contributed by atoms with van der Waals surface area (Å²) in [6.07, 6.45) is 0.742. The topological polar surface area (TPSA) is 52.9 Å². The van der Waals surface area contributed by atoms with Crippen molar-refractivity contribution in [1.29, 1.82) is 5.26 Å². The van der Waals surface area contributed by atoms with Gasteiger partial charge in [0, 0.05) is 18.0 Å². The van der Waals surface area contributed by atoms with Crippen molar-refractivity contribution in [2.24, 2.45) is 0 Å². The zero-order valence-corrected chi connectivity index (χ0v) is 14.4. The van der Waals surface area contributed by atoms with Crippen molar-refractivity contribution in [2.75, 3.05) is 5.32 Å². The molecule has 0 fully saturated rings. The van der Waals surface area contributed by atoms with Crippen molar-refractivity contribution in [2.45, 2.75) is 18.8 Å². The maximum Gasteiger partial charge on any atom is 0.225 e. The monoisotopic (exact) mass is 340 g/mol. The van der Waals surface area contributed by atoms with E-state index in [2.05, 4.69) is 35.7 Å². The van der Waals surface area contributed by atoms with Crippen LogP contribution in [0.2, 0.25) is 0 Å². The molecular formula is C23H20N2O. The second-order valence-corrected chi connectivity index (χ2v) is 6.16. The van der Waals surface area contributed by atoms with Gasteiger partial charge in [-0.3, -0.25) is 4.79 Å². The van der Waals surface area contributed by atoms with Crippen LogP contribution in [0, 0.1) is 11.3 Å². The summed E-state index contributed by atoms with van der Waals surface area (Å²) in [4.78, 5) is 12.6. The van der Waals surface area contributed by atoms with Gasteiger partial charge in [0.05, 0.1) is 12.5 Å². The molecule has 0 aliphatic carbocycles. The second-order valence-electron chi connectivity index (χ2n) is 6.16. The van der Waals surface area contributed by atoms with Gasteiger partial charge in [-0.05, 0) is 28.8 Å². The molecule has 1 amide bonds. The molecule has 0 heterocycles. The van der Waals surface area contributed by atoms with Crippen molar-refractivity contribution in [3.05, 3.63) is 102 Å². The van der Waals surface area contributed by atoms with Crippen LogP contribution in [0.15, 0.2) is 84.9 Å². The van der Waals surface area contributed by atoms with Crippen molar-refractivity contribution < 1.29 is 4.79 Å². The van der Waals surface area contributed by atoms with Crippen molar-refractivity contribution >= 4 is 11.6 Å². The summed E-state index contributed by atoms with van der Waals surface area (Å²) in [5.41, 5.74) is 3.94. The Labute approximate surface area is 153 Å². The van der Waals surface area contributed by atoms with Gasteiger partial charge < -0.3 is 5.32 Å². The highest BCUT2D eigenvalue weighted by Crippen LogP contribution is 2.28. The molecule has 0 aliphatic rings. The largest absolute Gasteiger partial charge is 0.326 e. The van der Waals surface area contributed by atoms with Crippen molar-refractivity contribution in [3.8, 4) is 6.07 Å². The minimum atomic E-state index is -0.0317. The fraction of sp³-hybridized carbons (Fsp3) is 0.130. The van der Waals surface area contributed by atoms with Crippen LogP contribution in [0.3, 0.4) is 0 Å². The van der Waals surface area contributed by atoms with E-state index >= 15 is 0 Å². The lowest BCUT2D eigenvalue weighted by Gasteiger charge is -2.18. The van der Waals surface area contributed by atoms with E-state index in [0.717, 1.165) is 22.4 Å². The van der Waals surface area contributed by atoms with E-state index in [4.69, 9.17) is 5.26 Å². The highest BCUT2D eigenvalue weighted by Gasteiger charge is 2.18. The standard InChI is InChI=1S/C23H20N2O/c24-16-15-18-11-13-21(14-12-18)25-23(26)17-22(19-7-3-1-4-8-19)20-9-5-2-6-10-20/h1-14,22H,15,17H2,(H,25,26). The maximum absolute atomic E-state index is 12.6. The lowest BCUT2D eigenvalue weighted by atomic mass is 9.88. The fourth-order valence-corrected chi connectivity index (χ4v) is 2.99. The first-order valence-electron chi connectivity index (χ1n) is 8.62. The molecule has 0 unspecified atom stereocenters. The van der Waals surface area contributed by atoms with Gasteiger partial charge in [-0.1, -0.05) is 72.8 Å². The van der Waals surface area contributed by atoms with E-state index in [-0.39, 0.29) is 11.8 Å². The minimum Gasteiger partial charge on any atom is -0.326 e. The minimum absolute atomic E-state index is 0.00950. The predicted molar refractivity (Wildman–Crippen MR) is 104 cm³/mol. The summed E-state index contributed by atoms with van der Waals surface area (Å²) < 4.78 is 0. The summed E-state index contributed by atoms with van der Waals surface area (Å²) in [6, 6.07) is 29.7. The fourth-order valence-electron chi connectivity index (χ4n) is 2.99. The summed E-state index contributed by atoms with van der Waals surface area (Å²) in [7, 11) is 0. The average molecular weight is 340 g/mol. The molecule has 3 heteroatoms. The normalized spacial score (nSPS) is 10.3. The number of nitriles is 1. The van der Waals surface area contributed by atoms with Crippen LogP contribution in [0.1, 0.15) is 29.0 Å². The van der Waals surface area contributed by atoms with E-state index in [1.54, 1.807) is 0 Å². The Bertz CT molecular complexity index is 842. The lowest BCUT2D eigenvalue weighted by Crippen LogP contribution is -2.16. The van der Waals surface area contributed by atoms with E-state index in [1.165, 1.54) is 0 Å². The predicted octanol–water partition coefficient (Wildman–Crippen LogP) is 4.91. The van der Waals surface area contributed by atoms with Crippen LogP contribution < -0.4 is 5.32 Å². The van der Waals surface area contributed by atoms with Gasteiger partial charge in [-0.15, -0.1) is 0 Å². The van der Waals surface area contributed by atoms with Crippen LogP contribution in [0.4, 0.5) is 5.69 Å². The molecule has 0 atom stereocenters. The quantitative estimate of drug-likeness (QED) is 0.693. The molecule has 1 N–H and O–H groups in total.